The van der Waals surface area contributed by atoms with Crippen LogP contribution in [0.5, 0.6) is 0 Å². The van der Waals surface area contributed by atoms with Gasteiger partial charge in [-0.25, -0.2) is 13.9 Å². The van der Waals surface area contributed by atoms with Crippen LogP contribution in [0.15, 0.2) is 35.5 Å². The van der Waals surface area contributed by atoms with Crippen LogP contribution >= 0.6 is 0 Å². The zero-order valence-corrected chi connectivity index (χ0v) is 20.2. The number of nitrogens with zero attached hydrogens (tertiary/aromatic N) is 5. The molecule has 194 valence electrons. The Morgan fingerprint density at radius 3 is 2.86 bits per heavy atom. The third-order valence-corrected chi connectivity index (χ3v) is 5.95. The van der Waals surface area contributed by atoms with Crippen LogP contribution in [0, 0.1) is 18.8 Å². The molecule has 0 spiro atoms. The van der Waals surface area contributed by atoms with Gasteiger partial charge in [0.25, 0.3) is 5.91 Å². The fourth-order valence-electron chi connectivity index (χ4n) is 4.13. The summed E-state index contributed by atoms with van der Waals surface area (Å²) in [4.78, 5) is 21.8. The minimum Gasteiger partial charge on any atom is -0.398 e. The predicted octanol–water partition coefficient (Wildman–Crippen LogP) is 3.44. The number of halogens is 4. The number of nitrogens with two attached hydrogens (primary N) is 1. The lowest BCUT2D eigenvalue weighted by Crippen LogP contribution is -2.46. The molecule has 1 aliphatic rings. The molecule has 3 N–H and O–H groups in total. The summed E-state index contributed by atoms with van der Waals surface area (Å²) in [7, 11) is 1.83. The molecule has 1 aliphatic heterocycles. The van der Waals surface area contributed by atoms with Crippen LogP contribution < -0.4 is 11.1 Å². The molecular weight excluding hydrogens is 490 g/mol. The average Bonchev–Trinajstić information content (AvgIpc) is 3.15. The summed E-state index contributed by atoms with van der Waals surface area (Å²) in [6, 6.07) is 5.72. The number of amides is 1. The second-order valence-corrected chi connectivity index (χ2v) is 8.89. The third kappa shape index (κ3) is 6.24. The number of carbonyl (C=O) groups excluding carboxylic acids is 1. The Labute approximate surface area is 210 Å². The van der Waals surface area contributed by atoms with Crippen LogP contribution in [0.4, 0.5) is 29.1 Å². The van der Waals surface area contributed by atoms with Gasteiger partial charge in [0, 0.05) is 36.2 Å². The number of rotatable bonds is 4. The molecular formula is C25H25F4N7O. The molecule has 0 radical (unpaired) electrons. The lowest BCUT2D eigenvalue weighted by atomic mass is 10.0. The molecule has 0 unspecified atom stereocenters. The SMILES string of the molecule is Cc1cc(N)c(C(=O)N=CC#Cc2nn3c(N[C@@H]4CCN(C)C[C@@H]4F)cccc3c2CC(F)(F)F)cn1. The second kappa shape index (κ2) is 10.6. The number of alkyl halides is 4. The maximum Gasteiger partial charge on any atom is 0.393 e. The summed E-state index contributed by atoms with van der Waals surface area (Å²) in [5, 5.41) is 7.36. The molecule has 12 heteroatoms. The molecule has 0 bridgehead atoms. The highest BCUT2D eigenvalue weighted by Crippen LogP contribution is 2.28. The lowest BCUT2D eigenvalue weighted by Gasteiger charge is -2.33. The van der Waals surface area contributed by atoms with Gasteiger partial charge in [-0.2, -0.15) is 18.3 Å². The molecule has 2 atom stereocenters. The molecule has 37 heavy (non-hydrogen) atoms. The zero-order valence-electron chi connectivity index (χ0n) is 20.2. The van der Waals surface area contributed by atoms with E-state index in [-0.39, 0.29) is 34.6 Å². The first-order valence-electron chi connectivity index (χ1n) is 11.5. The van der Waals surface area contributed by atoms with E-state index >= 15 is 0 Å². The van der Waals surface area contributed by atoms with Crippen LogP contribution in [0.1, 0.15) is 33.7 Å². The van der Waals surface area contributed by atoms with E-state index in [1.165, 1.54) is 22.8 Å². The second-order valence-electron chi connectivity index (χ2n) is 8.89. The summed E-state index contributed by atoms with van der Waals surface area (Å²) < 4.78 is 56.0. The van der Waals surface area contributed by atoms with Crippen molar-refractivity contribution < 1.29 is 22.4 Å². The van der Waals surface area contributed by atoms with Crippen molar-refractivity contribution in [1.82, 2.24) is 19.5 Å². The highest BCUT2D eigenvalue weighted by atomic mass is 19.4. The summed E-state index contributed by atoms with van der Waals surface area (Å²) in [5.41, 5.74) is 6.68. The van der Waals surface area contributed by atoms with Crippen LogP contribution in [-0.4, -0.2) is 70.1 Å². The molecule has 4 rings (SSSR count). The number of aromatic nitrogens is 3. The number of nitrogen functional groups attached to an aromatic ring is 1. The number of carbonyl (C=O) groups is 1. The van der Waals surface area contributed by atoms with Crippen molar-refractivity contribution in [3.63, 3.8) is 0 Å². The first kappa shape index (κ1) is 26.1. The zero-order chi connectivity index (χ0) is 26.7. The van der Waals surface area contributed by atoms with E-state index in [2.05, 4.69) is 32.2 Å². The lowest BCUT2D eigenvalue weighted by molar-refractivity contribution is -0.127. The van der Waals surface area contributed by atoms with E-state index in [4.69, 9.17) is 5.73 Å². The standard InChI is InChI=1S/C25H25F4N7O/c1-15-11-19(30)17(13-32-15)24(37)31-9-4-5-20-16(12-25(27,28)29)22-6-3-7-23(36(22)34-20)33-21-8-10-35(2)14-18(21)26/h3,6-7,9,11,13,18,21,33H,8,10,12,14H2,1-2H3,(H2,30,32)/t18-,21+/m0/s1. The van der Waals surface area contributed by atoms with Gasteiger partial charge in [-0.15, -0.1) is 0 Å². The van der Waals surface area contributed by atoms with Crippen LogP contribution in [0.3, 0.4) is 0 Å². The maximum atomic E-state index is 14.6. The number of hydrogen-bond donors (Lipinski definition) is 2. The van der Waals surface area contributed by atoms with Crippen molar-refractivity contribution in [3.8, 4) is 11.8 Å². The van der Waals surface area contributed by atoms with E-state index in [9.17, 15) is 22.4 Å². The fraction of sp³-hybridized carbons (Fsp3) is 0.360. The fourth-order valence-corrected chi connectivity index (χ4v) is 4.13. The number of aliphatic imine (C=N–C) groups is 1. The Balaban J connectivity index is 1.64. The van der Waals surface area contributed by atoms with Gasteiger partial charge in [-0.05, 0) is 50.4 Å². The Hall–Kier alpha value is -3.98. The summed E-state index contributed by atoms with van der Waals surface area (Å²) >= 11 is 0. The quantitative estimate of drug-likeness (QED) is 0.314. The molecule has 0 aromatic carbocycles. The molecule has 8 nitrogen and oxygen atoms in total. The van der Waals surface area contributed by atoms with Gasteiger partial charge in [0.15, 0.2) is 0 Å². The van der Waals surface area contributed by atoms with Gasteiger partial charge in [0.1, 0.15) is 17.7 Å². The van der Waals surface area contributed by atoms with Crippen molar-refractivity contribution in [2.24, 2.45) is 4.99 Å². The number of anilines is 2. The van der Waals surface area contributed by atoms with Gasteiger partial charge < -0.3 is 16.0 Å². The number of aryl methyl sites for hydroxylation is 1. The summed E-state index contributed by atoms with van der Waals surface area (Å²) in [5.74, 6) is 4.72. The number of piperidine rings is 1. The third-order valence-electron chi connectivity index (χ3n) is 5.95. The average molecular weight is 516 g/mol. The van der Waals surface area contributed by atoms with Crippen molar-refractivity contribution in [1.29, 1.82) is 0 Å². The van der Waals surface area contributed by atoms with Crippen molar-refractivity contribution in [2.45, 2.75) is 38.2 Å². The van der Waals surface area contributed by atoms with E-state index in [0.29, 0.717) is 24.5 Å². The van der Waals surface area contributed by atoms with E-state index in [1.54, 1.807) is 19.1 Å². The van der Waals surface area contributed by atoms with Crippen LogP contribution in [0.2, 0.25) is 0 Å². The van der Waals surface area contributed by atoms with Crippen LogP contribution in [-0.2, 0) is 6.42 Å². The molecule has 0 saturated carbocycles. The Kier molecular flexibility index (Phi) is 7.45. The maximum absolute atomic E-state index is 14.6. The Morgan fingerprint density at radius 2 is 2.16 bits per heavy atom. The number of pyridine rings is 2. The van der Waals surface area contributed by atoms with Gasteiger partial charge in [0.05, 0.1) is 29.8 Å². The van der Waals surface area contributed by atoms with Crippen LogP contribution in [0.25, 0.3) is 5.52 Å². The normalized spacial score (nSPS) is 18.6. The molecule has 1 fully saturated rings. The monoisotopic (exact) mass is 515 g/mol. The number of hydrogen-bond acceptors (Lipinski definition) is 6. The van der Waals surface area contributed by atoms with Gasteiger partial charge in [-0.1, -0.05) is 6.07 Å². The predicted molar refractivity (Wildman–Crippen MR) is 132 cm³/mol. The molecule has 3 aromatic heterocycles. The minimum atomic E-state index is -4.51. The molecule has 1 amide bonds. The van der Waals surface area contributed by atoms with Crippen molar-refractivity contribution >= 4 is 29.1 Å². The molecule has 0 aliphatic carbocycles. The Morgan fingerprint density at radius 1 is 1.38 bits per heavy atom. The van der Waals surface area contributed by atoms with E-state index in [0.717, 1.165) is 6.21 Å². The van der Waals surface area contributed by atoms with E-state index < -0.39 is 30.7 Å². The topological polar surface area (TPSA) is 101 Å². The first-order valence-corrected chi connectivity index (χ1v) is 11.5. The molecule has 4 heterocycles. The minimum absolute atomic E-state index is 0.0879. The van der Waals surface area contributed by atoms with E-state index in [1.807, 2.05) is 11.9 Å². The number of nitrogens with one attached hydrogen (secondary N) is 1. The van der Waals surface area contributed by atoms with Gasteiger partial charge in [0.2, 0.25) is 0 Å². The highest BCUT2D eigenvalue weighted by Gasteiger charge is 2.32. The summed E-state index contributed by atoms with van der Waals surface area (Å²) in [6.45, 7) is 2.66. The molecule has 1 saturated heterocycles. The van der Waals surface area contributed by atoms with Gasteiger partial charge in [-0.3, -0.25) is 9.78 Å². The van der Waals surface area contributed by atoms with Crippen molar-refractivity contribution in [3.05, 3.63) is 53.0 Å². The van der Waals surface area contributed by atoms with Gasteiger partial charge >= 0.3 is 6.18 Å². The molecule has 3 aromatic rings. The summed E-state index contributed by atoms with van der Waals surface area (Å²) in [6.07, 6.45) is -4.11. The largest absolute Gasteiger partial charge is 0.398 e. The first-order chi connectivity index (χ1) is 17.5. The smallest absolute Gasteiger partial charge is 0.393 e. The van der Waals surface area contributed by atoms with Crippen molar-refractivity contribution in [2.75, 3.05) is 31.2 Å². The Bertz CT molecular complexity index is 1400. The number of likely N-dealkylation sites (tertiary alicyclic amines) is 1. The highest BCUT2D eigenvalue weighted by molar-refractivity contribution is 6.04. The number of fused-ring (bicyclic) bond motifs is 1.